The summed E-state index contributed by atoms with van der Waals surface area (Å²) in [5.41, 5.74) is 9.53. The van der Waals surface area contributed by atoms with Crippen molar-refractivity contribution >= 4 is 23.0 Å². The zero-order valence-electron chi connectivity index (χ0n) is 9.28. The van der Waals surface area contributed by atoms with Crippen molar-refractivity contribution in [3.63, 3.8) is 0 Å². The van der Waals surface area contributed by atoms with E-state index in [1.165, 1.54) is 6.07 Å². The van der Waals surface area contributed by atoms with E-state index in [1.807, 2.05) is 0 Å². The highest BCUT2D eigenvalue weighted by atomic mass is 16.4. The summed E-state index contributed by atoms with van der Waals surface area (Å²) in [6.07, 6.45) is 3.51. The number of rotatable bonds is 4. The first-order chi connectivity index (χ1) is 8.70. The molecule has 0 saturated carbocycles. The van der Waals surface area contributed by atoms with Gasteiger partial charge in [0.2, 0.25) is 5.76 Å². The van der Waals surface area contributed by atoms with Crippen molar-refractivity contribution in [1.29, 1.82) is 0 Å². The highest BCUT2D eigenvalue weighted by molar-refractivity contribution is 5.92. The molecule has 0 radical (unpaired) electrons. The lowest BCUT2D eigenvalue weighted by Gasteiger charge is -1.92. The summed E-state index contributed by atoms with van der Waals surface area (Å²) in [7, 11) is 0. The van der Waals surface area contributed by atoms with Crippen LogP contribution in [0.1, 0.15) is 16.1 Å². The molecule has 1 aromatic carbocycles. The van der Waals surface area contributed by atoms with Gasteiger partial charge in [0.25, 0.3) is 0 Å². The quantitative estimate of drug-likeness (QED) is 0.505. The third kappa shape index (κ3) is 2.50. The average Bonchev–Trinajstić information content (AvgIpc) is 2.78. The SMILES string of the molecule is [N-]=[N+]=NCC=Cc1ccc2oc(C(=O)O)cc2c1. The Labute approximate surface area is 102 Å². The van der Waals surface area contributed by atoms with Gasteiger partial charge >= 0.3 is 5.97 Å². The molecular formula is C12H9N3O3. The molecule has 0 fully saturated rings. The number of carboxylic acids is 1. The van der Waals surface area contributed by atoms with Crippen LogP contribution in [-0.4, -0.2) is 17.6 Å². The summed E-state index contributed by atoms with van der Waals surface area (Å²) >= 11 is 0. The predicted molar refractivity (Wildman–Crippen MR) is 66.2 cm³/mol. The highest BCUT2D eigenvalue weighted by Gasteiger charge is 2.09. The van der Waals surface area contributed by atoms with E-state index < -0.39 is 5.97 Å². The lowest BCUT2D eigenvalue weighted by molar-refractivity contribution is 0.0665. The predicted octanol–water partition coefficient (Wildman–Crippen LogP) is 3.45. The molecule has 1 N–H and O–H groups in total. The van der Waals surface area contributed by atoms with Crippen LogP contribution in [0.3, 0.4) is 0 Å². The third-order valence-electron chi connectivity index (χ3n) is 2.31. The van der Waals surface area contributed by atoms with Gasteiger partial charge in [0.1, 0.15) is 5.58 Å². The molecule has 6 nitrogen and oxygen atoms in total. The number of furan rings is 1. The van der Waals surface area contributed by atoms with E-state index >= 15 is 0 Å². The lowest BCUT2D eigenvalue weighted by atomic mass is 10.1. The molecule has 2 aromatic rings. The van der Waals surface area contributed by atoms with Gasteiger partial charge in [-0.3, -0.25) is 0 Å². The van der Waals surface area contributed by atoms with Gasteiger partial charge in [0, 0.05) is 16.8 Å². The van der Waals surface area contributed by atoms with Crippen LogP contribution in [0.15, 0.2) is 39.9 Å². The molecule has 18 heavy (non-hydrogen) atoms. The summed E-state index contributed by atoms with van der Waals surface area (Å²) in [6, 6.07) is 6.78. The first-order valence-corrected chi connectivity index (χ1v) is 5.15. The fourth-order valence-corrected chi connectivity index (χ4v) is 1.54. The Morgan fingerprint density at radius 1 is 1.50 bits per heavy atom. The maximum atomic E-state index is 10.7. The van der Waals surface area contributed by atoms with Crippen LogP contribution in [0.4, 0.5) is 0 Å². The zero-order chi connectivity index (χ0) is 13.0. The summed E-state index contributed by atoms with van der Waals surface area (Å²) in [4.78, 5) is 13.4. The van der Waals surface area contributed by atoms with Crippen molar-refractivity contribution in [3.05, 3.63) is 52.1 Å². The van der Waals surface area contributed by atoms with E-state index in [4.69, 9.17) is 15.1 Å². The van der Waals surface area contributed by atoms with Gasteiger partial charge in [-0.25, -0.2) is 4.79 Å². The second-order valence-corrected chi connectivity index (χ2v) is 3.53. The van der Waals surface area contributed by atoms with E-state index in [0.29, 0.717) is 5.58 Å². The normalized spacial score (nSPS) is 10.7. The van der Waals surface area contributed by atoms with Crippen molar-refractivity contribution in [2.75, 3.05) is 6.54 Å². The van der Waals surface area contributed by atoms with E-state index in [0.717, 1.165) is 10.9 Å². The molecule has 2 rings (SSSR count). The number of carboxylic acid groups (broad SMARTS) is 1. The molecule has 0 amide bonds. The van der Waals surface area contributed by atoms with Crippen molar-refractivity contribution in [2.24, 2.45) is 5.11 Å². The second kappa shape index (κ2) is 5.07. The standard InChI is InChI=1S/C12H9N3O3/c13-15-14-5-1-2-8-3-4-10-9(6-8)7-11(18-10)12(16)17/h1-4,6-7H,5H2,(H,16,17). The van der Waals surface area contributed by atoms with Crippen molar-refractivity contribution < 1.29 is 14.3 Å². The van der Waals surface area contributed by atoms with Gasteiger partial charge in [-0.2, -0.15) is 0 Å². The third-order valence-corrected chi connectivity index (χ3v) is 2.31. The number of azide groups is 1. The molecule has 1 aromatic heterocycles. The van der Waals surface area contributed by atoms with Crippen LogP contribution in [0.5, 0.6) is 0 Å². The van der Waals surface area contributed by atoms with E-state index in [1.54, 1.807) is 30.4 Å². The fourth-order valence-electron chi connectivity index (χ4n) is 1.54. The van der Waals surface area contributed by atoms with Gasteiger partial charge in [0.05, 0.1) is 0 Å². The molecule has 0 unspecified atom stereocenters. The van der Waals surface area contributed by atoms with Gasteiger partial charge in [-0.05, 0) is 29.3 Å². The molecule has 0 aliphatic rings. The van der Waals surface area contributed by atoms with Crippen molar-refractivity contribution in [2.45, 2.75) is 0 Å². The van der Waals surface area contributed by atoms with Gasteiger partial charge in [0.15, 0.2) is 0 Å². The highest BCUT2D eigenvalue weighted by Crippen LogP contribution is 2.21. The molecule has 0 spiro atoms. The number of fused-ring (bicyclic) bond motifs is 1. The average molecular weight is 243 g/mol. The topological polar surface area (TPSA) is 99.2 Å². The molecule has 0 aliphatic heterocycles. The van der Waals surface area contributed by atoms with Crippen LogP contribution in [0.2, 0.25) is 0 Å². The minimum atomic E-state index is -1.09. The number of benzene rings is 1. The Kier molecular flexibility index (Phi) is 3.31. The van der Waals surface area contributed by atoms with E-state index in [9.17, 15) is 4.79 Å². The molecule has 1 heterocycles. The molecular weight excluding hydrogens is 234 g/mol. The maximum absolute atomic E-state index is 10.7. The van der Waals surface area contributed by atoms with Crippen molar-refractivity contribution in [3.8, 4) is 0 Å². The van der Waals surface area contributed by atoms with Crippen LogP contribution >= 0.6 is 0 Å². The van der Waals surface area contributed by atoms with Crippen LogP contribution in [-0.2, 0) is 0 Å². The lowest BCUT2D eigenvalue weighted by Crippen LogP contribution is -1.91. The van der Waals surface area contributed by atoms with E-state index in [2.05, 4.69) is 10.0 Å². The summed E-state index contributed by atoms with van der Waals surface area (Å²) in [5, 5.41) is 12.9. The molecule has 6 heteroatoms. The van der Waals surface area contributed by atoms with Crippen LogP contribution < -0.4 is 0 Å². The monoisotopic (exact) mass is 243 g/mol. The van der Waals surface area contributed by atoms with Gasteiger partial charge < -0.3 is 9.52 Å². The Morgan fingerprint density at radius 3 is 3.06 bits per heavy atom. The summed E-state index contributed by atoms with van der Waals surface area (Å²) in [6.45, 7) is 0.278. The minimum Gasteiger partial charge on any atom is -0.475 e. The number of aromatic carboxylic acids is 1. The number of carbonyl (C=O) groups is 1. The molecule has 0 saturated heterocycles. The molecule has 0 atom stereocenters. The summed E-state index contributed by atoms with van der Waals surface area (Å²) in [5.74, 6) is -1.17. The number of hydrogen-bond acceptors (Lipinski definition) is 3. The first-order valence-electron chi connectivity index (χ1n) is 5.15. The Balaban J connectivity index is 2.29. The minimum absolute atomic E-state index is 0.0831. The molecule has 0 bridgehead atoms. The summed E-state index contributed by atoms with van der Waals surface area (Å²) < 4.78 is 5.14. The van der Waals surface area contributed by atoms with E-state index in [-0.39, 0.29) is 12.3 Å². The Hall–Kier alpha value is -2.72. The van der Waals surface area contributed by atoms with Gasteiger partial charge in [-0.1, -0.05) is 23.3 Å². The largest absolute Gasteiger partial charge is 0.475 e. The smallest absolute Gasteiger partial charge is 0.371 e. The maximum Gasteiger partial charge on any atom is 0.371 e. The van der Waals surface area contributed by atoms with Crippen LogP contribution in [0, 0.1) is 0 Å². The Bertz CT molecular complexity index is 666. The Morgan fingerprint density at radius 2 is 2.33 bits per heavy atom. The van der Waals surface area contributed by atoms with Crippen molar-refractivity contribution in [1.82, 2.24) is 0 Å². The molecule has 0 aliphatic carbocycles. The number of nitrogens with zero attached hydrogens (tertiary/aromatic N) is 3. The second-order valence-electron chi connectivity index (χ2n) is 3.53. The van der Waals surface area contributed by atoms with Gasteiger partial charge in [-0.15, -0.1) is 0 Å². The first kappa shape index (κ1) is 11.8. The van der Waals surface area contributed by atoms with Crippen LogP contribution in [0.25, 0.3) is 27.5 Å². The number of hydrogen-bond donors (Lipinski definition) is 1. The molecule has 90 valence electrons. The fraction of sp³-hybridized carbons (Fsp3) is 0.0833. The zero-order valence-corrected chi connectivity index (χ0v) is 9.28.